The van der Waals surface area contributed by atoms with Gasteiger partial charge < -0.3 is 0 Å². The molecule has 0 spiro atoms. The van der Waals surface area contributed by atoms with Crippen LogP contribution in [0.2, 0.25) is 5.02 Å². The molecule has 3 rings (SSSR count). The molecule has 0 unspecified atom stereocenters. The fraction of sp³-hybridized carbons (Fsp3) is 0.474. The number of hydrogen-bond donors (Lipinski definition) is 0. The minimum absolute atomic E-state index is 0.0531. The molecule has 128 valence electrons. The Hall–Kier alpha value is -1.65. The Bertz CT molecular complexity index is 710. The van der Waals surface area contributed by atoms with Crippen molar-refractivity contribution < 1.29 is 4.79 Å². The average molecular weight is 346 g/mol. The summed E-state index contributed by atoms with van der Waals surface area (Å²) in [6.07, 6.45) is 6.04. The Labute approximate surface area is 148 Å². The van der Waals surface area contributed by atoms with Crippen LogP contribution in [0.3, 0.4) is 0 Å². The van der Waals surface area contributed by atoms with Gasteiger partial charge in [0.1, 0.15) is 0 Å². The lowest BCUT2D eigenvalue weighted by Gasteiger charge is -2.31. The maximum Gasteiger partial charge on any atom is 0.167 e. The first-order valence-electron chi connectivity index (χ1n) is 8.58. The molecule has 0 aliphatic carbocycles. The number of ketones is 1. The molecular weight excluding hydrogens is 322 g/mol. The van der Waals surface area contributed by atoms with Gasteiger partial charge in [-0.2, -0.15) is 5.10 Å². The van der Waals surface area contributed by atoms with E-state index in [1.165, 1.54) is 5.56 Å². The van der Waals surface area contributed by atoms with E-state index in [9.17, 15) is 4.79 Å². The Morgan fingerprint density at radius 3 is 2.96 bits per heavy atom. The van der Waals surface area contributed by atoms with Crippen molar-refractivity contribution in [1.82, 2.24) is 14.7 Å². The van der Waals surface area contributed by atoms with Crippen LogP contribution in [-0.4, -0.2) is 33.6 Å². The van der Waals surface area contributed by atoms with Crippen LogP contribution in [0, 0.1) is 5.92 Å². The number of halogens is 1. The molecule has 2 aromatic rings. The first kappa shape index (κ1) is 17.2. The number of aromatic nitrogens is 2. The van der Waals surface area contributed by atoms with Gasteiger partial charge in [-0.3, -0.25) is 14.4 Å². The number of carbonyl (C=O) groups excluding carboxylic acids is 1. The standard InChI is InChI=1S/C19H24ClN3O/c1-14(2)23-12-15(10-21-23)11-22-8-4-6-17(13-22)19(24)16-5-3-7-18(20)9-16/h3,5,7,9-10,12,14,17H,4,6,8,11,13H2,1-2H3/t17-/m0/s1. The summed E-state index contributed by atoms with van der Waals surface area (Å²) in [5, 5.41) is 5.02. The fourth-order valence-corrected chi connectivity index (χ4v) is 3.48. The summed E-state index contributed by atoms with van der Waals surface area (Å²) in [6, 6.07) is 7.65. The van der Waals surface area contributed by atoms with Crippen LogP contribution in [0.15, 0.2) is 36.7 Å². The van der Waals surface area contributed by atoms with Crippen LogP contribution in [0.5, 0.6) is 0 Å². The predicted octanol–water partition coefficient (Wildman–Crippen LogP) is 4.21. The Balaban J connectivity index is 1.64. The third-order valence-electron chi connectivity index (χ3n) is 4.58. The summed E-state index contributed by atoms with van der Waals surface area (Å²) in [6.45, 7) is 6.94. The minimum Gasteiger partial charge on any atom is -0.298 e. The van der Waals surface area contributed by atoms with Crippen molar-refractivity contribution in [2.24, 2.45) is 5.92 Å². The molecule has 1 aromatic heterocycles. The summed E-state index contributed by atoms with van der Waals surface area (Å²) in [7, 11) is 0. The van der Waals surface area contributed by atoms with Crippen LogP contribution in [-0.2, 0) is 6.54 Å². The third kappa shape index (κ3) is 4.05. The molecule has 1 fully saturated rings. The third-order valence-corrected chi connectivity index (χ3v) is 4.81. The second kappa shape index (κ2) is 7.49. The molecule has 1 aromatic carbocycles. The monoisotopic (exact) mass is 345 g/mol. The Morgan fingerprint density at radius 1 is 1.42 bits per heavy atom. The zero-order valence-electron chi connectivity index (χ0n) is 14.3. The van der Waals surface area contributed by atoms with E-state index in [2.05, 4.69) is 30.0 Å². The number of hydrogen-bond acceptors (Lipinski definition) is 3. The molecule has 1 saturated heterocycles. The van der Waals surface area contributed by atoms with Crippen LogP contribution in [0.4, 0.5) is 0 Å². The van der Waals surface area contributed by atoms with Gasteiger partial charge >= 0.3 is 0 Å². The normalized spacial score (nSPS) is 18.9. The topological polar surface area (TPSA) is 38.1 Å². The number of piperidine rings is 1. The van der Waals surface area contributed by atoms with Crippen molar-refractivity contribution in [3.05, 3.63) is 52.8 Å². The second-order valence-electron chi connectivity index (χ2n) is 6.87. The van der Waals surface area contributed by atoms with Crippen molar-refractivity contribution in [2.75, 3.05) is 13.1 Å². The minimum atomic E-state index is 0.0531. The first-order valence-corrected chi connectivity index (χ1v) is 8.96. The predicted molar refractivity (Wildman–Crippen MR) is 96.4 cm³/mol. The van der Waals surface area contributed by atoms with Gasteiger partial charge in [0.05, 0.1) is 6.20 Å². The highest BCUT2D eigenvalue weighted by Gasteiger charge is 2.26. The molecule has 0 amide bonds. The number of benzene rings is 1. The zero-order valence-corrected chi connectivity index (χ0v) is 15.0. The molecular formula is C19H24ClN3O. The van der Waals surface area contributed by atoms with Gasteiger partial charge in [0.15, 0.2) is 5.78 Å². The highest BCUT2D eigenvalue weighted by atomic mass is 35.5. The summed E-state index contributed by atoms with van der Waals surface area (Å²) < 4.78 is 1.98. The Morgan fingerprint density at radius 2 is 2.25 bits per heavy atom. The van der Waals surface area contributed by atoms with Crippen LogP contribution in [0.25, 0.3) is 0 Å². The number of carbonyl (C=O) groups is 1. The number of likely N-dealkylation sites (tertiary alicyclic amines) is 1. The van der Waals surface area contributed by atoms with Gasteiger partial charge in [-0.05, 0) is 45.4 Å². The molecule has 0 bridgehead atoms. The molecule has 0 N–H and O–H groups in total. The lowest BCUT2D eigenvalue weighted by Crippen LogP contribution is -2.38. The average Bonchev–Trinajstić information content (AvgIpc) is 3.03. The molecule has 0 saturated carbocycles. The molecule has 24 heavy (non-hydrogen) atoms. The number of nitrogens with zero attached hydrogens (tertiary/aromatic N) is 3. The molecule has 1 atom stereocenters. The molecule has 2 heterocycles. The maximum atomic E-state index is 12.7. The Kier molecular flexibility index (Phi) is 5.36. The van der Waals surface area contributed by atoms with Gasteiger partial charge in [0.2, 0.25) is 0 Å². The van der Waals surface area contributed by atoms with Crippen molar-refractivity contribution >= 4 is 17.4 Å². The summed E-state index contributed by atoms with van der Waals surface area (Å²) in [5.41, 5.74) is 1.93. The first-order chi connectivity index (χ1) is 11.5. The largest absolute Gasteiger partial charge is 0.298 e. The highest BCUT2D eigenvalue weighted by molar-refractivity contribution is 6.31. The van der Waals surface area contributed by atoms with Crippen molar-refractivity contribution in [3.63, 3.8) is 0 Å². The quantitative estimate of drug-likeness (QED) is 0.762. The summed E-state index contributed by atoms with van der Waals surface area (Å²) >= 11 is 6.02. The number of rotatable bonds is 5. The fourth-order valence-electron chi connectivity index (χ4n) is 3.29. The van der Waals surface area contributed by atoms with Crippen LogP contribution < -0.4 is 0 Å². The van der Waals surface area contributed by atoms with Crippen LogP contribution in [0.1, 0.15) is 48.7 Å². The smallest absolute Gasteiger partial charge is 0.167 e. The van der Waals surface area contributed by atoms with Crippen molar-refractivity contribution in [2.45, 2.75) is 39.3 Å². The van der Waals surface area contributed by atoms with Crippen LogP contribution >= 0.6 is 11.6 Å². The molecule has 4 nitrogen and oxygen atoms in total. The lowest BCUT2D eigenvalue weighted by molar-refractivity contribution is 0.0811. The van der Waals surface area contributed by atoms with E-state index < -0.39 is 0 Å². The van der Waals surface area contributed by atoms with E-state index in [4.69, 9.17) is 11.6 Å². The zero-order chi connectivity index (χ0) is 17.1. The van der Waals surface area contributed by atoms with E-state index in [1.807, 2.05) is 23.0 Å². The van der Waals surface area contributed by atoms with Crippen molar-refractivity contribution in [3.8, 4) is 0 Å². The highest BCUT2D eigenvalue weighted by Crippen LogP contribution is 2.23. The molecule has 1 aliphatic heterocycles. The summed E-state index contributed by atoms with van der Waals surface area (Å²) in [4.78, 5) is 15.1. The van der Waals surface area contributed by atoms with Gasteiger partial charge in [-0.1, -0.05) is 23.7 Å². The van der Waals surface area contributed by atoms with E-state index in [1.54, 1.807) is 12.1 Å². The molecule has 0 radical (unpaired) electrons. The molecule has 5 heteroatoms. The number of Topliss-reactive ketones (excluding diaryl/α,β-unsaturated/α-hetero) is 1. The van der Waals surface area contributed by atoms with E-state index in [0.29, 0.717) is 11.1 Å². The van der Waals surface area contributed by atoms with E-state index >= 15 is 0 Å². The SMILES string of the molecule is CC(C)n1cc(CN2CCC[C@H](C(=O)c3cccc(Cl)c3)C2)cn1. The lowest BCUT2D eigenvalue weighted by atomic mass is 9.90. The van der Waals surface area contributed by atoms with E-state index in [0.717, 1.165) is 38.0 Å². The maximum absolute atomic E-state index is 12.7. The summed E-state index contributed by atoms with van der Waals surface area (Å²) in [5.74, 6) is 0.262. The van der Waals surface area contributed by atoms with Gasteiger partial charge in [-0.25, -0.2) is 0 Å². The van der Waals surface area contributed by atoms with Gasteiger partial charge in [0.25, 0.3) is 0 Å². The van der Waals surface area contributed by atoms with Crippen molar-refractivity contribution in [1.29, 1.82) is 0 Å². The second-order valence-corrected chi connectivity index (χ2v) is 7.31. The van der Waals surface area contributed by atoms with Gasteiger partial charge in [-0.15, -0.1) is 0 Å². The van der Waals surface area contributed by atoms with Gasteiger partial charge in [0, 0.05) is 47.4 Å². The van der Waals surface area contributed by atoms with E-state index in [-0.39, 0.29) is 11.7 Å². The molecule has 1 aliphatic rings.